The lowest BCUT2D eigenvalue weighted by Crippen LogP contribution is -2.46. The second-order valence-corrected chi connectivity index (χ2v) is 6.63. The first-order valence-corrected chi connectivity index (χ1v) is 8.51. The van der Waals surface area contributed by atoms with E-state index < -0.39 is 0 Å². The third-order valence-electron chi connectivity index (χ3n) is 5.10. The third-order valence-corrected chi connectivity index (χ3v) is 5.10. The van der Waals surface area contributed by atoms with Gasteiger partial charge in [0.2, 0.25) is 0 Å². The van der Waals surface area contributed by atoms with Crippen molar-refractivity contribution >= 4 is 0 Å². The van der Waals surface area contributed by atoms with Crippen molar-refractivity contribution in [3.63, 3.8) is 0 Å². The normalized spacial score (nSPS) is 22.8. The first-order chi connectivity index (χ1) is 10.3. The van der Waals surface area contributed by atoms with Crippen LogP contribution in [0, 0.1) is 6.92 Å². The zero-order valence-corrected chi connectivity index (χ0v) is 13.3. The highest BCUT2D eigenvalue weighted by atomic mass is 16.3. The molecule has 2 aliphatic rings. The molecule has 0 radical (unpaired) electrons. The maximum Gasteiger partial charge on any atom is 0.120 e. The van der Waals surface area contributed by atoms with E-state index in [9.17, 15) is 0 Å². The van der Waals surface area contributed by atoms with E-state index >= 15 is 0 Å². The van der Waals surface area contributed by atoms with Crippen LogP contribution in [0.5, 0.6) is 0 Å². The minimum absolute atomic E-state index is 0.503. The highest BCUT2D eigenvalue weighted by molar-refractivity contribution is 5.19. The Morgan fingerprint density at radius 1 is 1.14 bits per heavy atom. The first-order valence-electron chi connectivity index (χ1n) is 8.51. The van der Waals surface area contributed by atoms with Gasteiger partial charge in [0.1, 0.15) is 11.5 Å². The number of rotatable bonds is 4. The molecule has 3 heterocycles. The highest BCUT2D eigenvalue weighted by Crippen LogP contribution is 2.23. The molecule has 0 unspecified atom stereocenters. The largest absolute Gasteiger partial charge is 0.463 e. The molecule has 3 rings (SSSR count). The zero-order valence-electron chi connectivity index (χ0n) is 13.3. The van der Waals surface area contributed by atoms with Crippen molar-refractivity contribution in [3.8, 4) is 0 Å². The van der Waals surface area contributed by atoms with Crippen molar-refractivity contribution in [2.45, 2.75) is 58.2 Å². The second kappa shape index (κ2) is 6.95. The summed E-state index contributed by atoms with van der Waals surface area (Å²) in [4.78, 5) is 5.25. The molecule has 2 fully saturated rings. The van der Waals surface area contributed by atoms with E-state index in [4.69, 9.17) is 10.2 Å². The van der Waals surface area contributed by atoms with Crippen LogP contribution in [0.3, 0.4) is 0 Å². The van der Waals surface area contributed by atoms with E-state index in [0.717, 1.165) is 24.1 Å². The van der Waals surface area contributed by atoms with Crippen molar-refractivity contribution in [1.82, 2.24) is 9.80 Å². The molecule has 4 nitrogen and oxygen atoms in total. The summed E-state index contributed by atoms with van der Waals surface area (Å²) in [6.45, 7) is 8.55. The van der Waals surface area contributed by atoms with E-state index in [1.165, 1.54) is 63.8 Å². The minimum atomic E-state index is 0.503. The Kier molecular flexibility index (Phi) is 4.99. The fourth-order valence-corrected chi connectivity index (χ4v) is 3.82. The fraction of sp³-hybridized carbons (Fsp3) is 0.765. The van der Waals surface area contributed by atoms with Crippen LogP contribution in [0.2, 0.25) is 0 Å². The number of likely N-dealkylation sites (tertiary alicyclic amines) is 2. The lowest BCUT2D eigenvalue weighted by molar-refractivity contribution is 0.0864. The summed E-state index contributed by atoms with van der Waals surface area (Å²) in [5, 5.41) is 0. The Morgan fingerprint density at radius 3 is 2.48 bits per heavy atom. The second-order valence-electron chi connectivity index (χ2n) is 6.63. The van der Waals surface area contributed by atoms with Gasteiger partial charge in [0.25, 0.3) is 0 Å². The SMILES string of the molecule is Cc1cc(CN2CCC(N3CCCCC3)CC2)oc1CN. The maximum atomic E-state index is 5.83. The molecule has 2 saturated heterocycles. The topological polar surface area (TPSA) is 45.6 Å². The van der Waals surface area contributed by atoms with Crippen molar-refractivity contribution in [1.29, 1.82) is 0 Å². The lowest BCUT2D eigenvalue weighted by atomic mass is 10.00. The van der Waals surface area contributed by atoms with Crippen LogP contribution in [0.15, 0.2) is 10.5 Å². The summed E-state index contributed by atoms with van der Waals surface area (Å²) in [7, 11) is 0. The molecule has 0 spiro atoms. The average Bonchev–Trinajstić information content (AvgIpc) is 2.88. The summed E-state index contributed by atoms with van der Waals surface area (Å²) in [5.74, 6) is 2.01. The summed E-state index contributed by atoms with van der Waals surface area (Å²) in [6, 6.07) is 2.97. The Bertz CT molecular complexity index is 443. The van der Waals surface area contributed by atoms with Crippen molar-refractivity contribution in [2.24, 2.45) is 5.73 Å². The quantitative estimate of drug-likeness (QED) is 0.926. The van der Waals surface area contributed by atoms with Gasteiger partial charge in [-0.05, 0) is 57.3 Å². The van der Waals surface area contributed by atoms with E-state index in [1.807, 2.05) is 0 Å². The highest BCUT2D eigenvalue weighted by Gasteiger charge is 2.25. The summed E-state index contributed by atoms with van der Waals surface area (Å²) < 4.78 is 5.83. The number of hydrogen-bond acceptors (Lipinski definition) is 4. The van der Waals surface area contributed by atoms with Crippen molar-refractivity contribution in [3.05, 3.63) is 23.2 Å². The molecule has 0 atom stereocenters. The van der Waals surface area contributed by atoms with Gasteiger partial charge in [-0.25, -0.2) is 0 Å². The van der Waals surface area contributed by atoms with Gasteiger partial charge >= 0.3 is 0 Å². The molecule has 2 N–H and O–H groups in total. The van der Waals surface area contributed by atoms with Crippen LogP contribution in [0.4, 0.5) is 0 Å². The third kappa shape index (κ3) is 3.68. The molecule has 0 aromatic carbocycles. The minimum Gasteiger partial charge on any atom is -0.463 e. The molecule has 0 bridgehead atoms. The Hall–Kier alpha value is -0.840. The average molecular weight is 291 g/mol. The zero-order chi connectivity index (χ0) is 14.7. The van der Waals surface area contributed by atoms with E-state index in [1.54, 1.807) is 0 Å². The fourth-order valence-electron chi connectivity index (χ4n) is 3.82. The molecule has 21 heavy (non-hydrogen) atoms. The van der Waals surface area contributed by atoms with Gasteiger partial charge < -0.3 is 15.1 Å². The van der Waals surface area contributed by atoms with Gasteiger partial charge in [0.15, 0.2) is 0 Å². The number of nitrogens with two attached hydrogens (primary N) is 1. The molecule has 118 valence electrons. The van der Waals surface area contributed by atoms with Crippen molar-refractivity contribution in [2.75, 3.05) is 26.2 Å². The predicted octanol–water partition coefficient (Wildman–Crippen LogP) is 2.50. The van der Waals surface area contributed by atoms with Gasteiger partial charge in [-0.2, -0.15) is 0 Å². The molecule has 1 aromatic heterocycles. The Balaban J connectivity index is 1.48. The van der Waals surface area contributed by atoms with Gasteiger partial charge in [-0.3, -0.25) is 4.90 Å². The number of furan rings is 1. The molecule has 1 aromatic rings. The predicted molar refractivity (Wildman–Crippen MR) is 85.1 cm³/mol. The van der Waals surface area contributed by atoms with Crippen LogP contribution in [-0.2, 0) is 13.1 Å². The van der Waals surface area contributed by atoms with Gasteiger partial charge in [0, 0.05) is 19.1 Å². The molecule has 0 saturated carbocycles. The molecule has 0 amide bonds. The van der Waals surface area contributed by atoms with Crippen LogP contribution >= 0.6 is 0 Å². The van der Waals surface area contributed by atoms with Crippen molar-refractivity contribution < 1.29 is 4.42 Å². The Morgan fingerprint density at radius 2 is 1.86 bits per heavy atom. The van der Waals surface area contributed by atoms with Crippen LogP contribution in [0.1, 0.15) is 49.2 Å². The Labute approximate surface area is 128 Å². The lowest BCUT2D eigenvalue weighted by Gasteiger charge is -2.40. The number of nitrogens with zero attached hydrogens (tertiary/aromatic N) is 2. The first kappa shape index (κ1) is 15.1. The number of hydrogen-bond donors (Lipinski definition) is 1. The molecular weight excluding hydrogens is 262 g/mol. The summed E-state index contributed by atoms with van der Waals surface area (Å²) >= 11 is 0. The monoisotopic (exact) mass is 291 g/mol. The van der Waals surface area contributed by atoms with E-state index in [0.29, 0.717) is 6.54 Å². The molecule has 0 aliphatic carbocycles. The van der Waals surface area contributed by atoms with E-state index in [-0.39, 0.29) is 0 Å². The summed E-state index contributed by atoms with van der Waals surface area (Å²) in [5.41, 5.74) is 6.88. The number of aryl methyl sites for hydroxylation is 1. The van der Waals surface area contributed by atoms with Gasteiger partial charge in [-0.15, -0.1) is 0 Å². The molecule has 4 heteroatoms. The summed E-state index contributed by atoms with van der Waals surface area (Å²) in [6.07, 6.45) is 6.84. The van der Waals surface area contributed by atoms with Crippen LogP contribution in [-0.4, -0.2) is 42.0 Å². The molecule has 2 aliphatic heterocycles. The van der Waals surface area contributed by atoms with Gasteiger partial charge in [0.05, 0.1) is 13.1 Å². The van der Waals surface area contributed by atoms with Crippen LogP contribution in [0.25, 0.3) is 0 Å². The van der Waals surface area contributed by atoms with Crippen LogP contribution < -0.4 is 5.73 Å². The standard InChI is InChI=1S/C17H29N3O/c1-14-11-16(21-17(14)12-18)13-19-9-5-15(6-10-19)20-7-3-2-4-8-20/h11,15H,2-10,12-13,18H2,1H3. The number of piperidine rings is 2. The maximum absolute atomic E-state index is 5.83. The smallest absolute Gasteiger partial charge is 0.120 e. The van der Waals surface area contributed by atoms with E-state index in [2.05, 4.69) is 22.8 Å². The van der Waals surface area contributed by atoms with Gasteiger partial charge in [-0.1, -0.05) is 6.42 Å². The molecular formula is C17H29N3O.